The molecule has 0 saturated carbocycles. The van der Waals surface area contributed by atoms with Crippen molar-refractivity contribution in [3.8, 4) is 5.69 Å². The summed E-state index contributed by atoms with van der Waals surface area (Å²) in [6, 6.07) is 5.28. The van der Waals surface area contributed by atoms with Gasteiger partial charge in [-0.2, -0.15) is 0 Å². The molecule has 2 heterocycles. The van der Waals surface area contributed by atoms with E-state index >= 15 is 0 Å². The molecule has 0 radical (unpaired) electrons. The normalized spacial score (nSPS) is 17.4. The van der Waals surface area contributed by atoms with Crippen molar-refractivity contribution in [3.63, 3.8) is 0 Å². The first-order chi connectivity index (χ1) is 11.1. The summed E-state index contributed by atoms with van der Waals surface area (Å²) in [6.07, 6.45) is 6.01. The lowest BCUT2D eigenvalue weighted by atomic mass is 10.1. The number of aromatic nitrogens is 2. The predicted octanol–water partition coefficient (Wildman–Crippen LogP) is 2.08. The number of hydrogen-bond acceptors (Lipinski definition) is 3. The van der Waals surface area contributed by atoms with Gasteiger partial charge in [0.05, 0.1) is 5.69 Å². The highest BCUT2D eigenvalue weighted by molar-refractivity contribution is 5.76. The van der Waals surface area contributed by atoms with E-state index in [1.165, 1.54) is 6.07 Å². The Bertz CT molecular complexity index is 692. The second-order valence-electron chi connectivity index (χ2n) is 5.90. The van der Waals surface area contributed by atoms with Crippen molar-refractivity contribution in [1.82, 2.24) is 20.2 Å². The second-order valence-corrected chi connectivity index (χ2v) is 5.90. The number of carbonyl (C=O) groups is 1. The van der Waals surface area contributed by atoms with Crippen LogP contribution in [0.25, 0.3) is 5.69 Å². The number of imidazole rings is 1. The lowest BCUT2D eigenvalue weighted by Crippen LogP contribution is -2.31. The van der Waals surface area contributed by atoms with Crippen LogP contribution in [0.4, 0.5) is 4.39 Å². The molecule has 1 unspecified atom stereocenters. The smallest absolute Gasteiger partial charge is 0.221 e. The maximum Gasteiger partial charge on any atom is 0.221 e. The first kappa shape index (κ1) is 15.7. The van der Waals surface area contributed by atoms with Crippen LogP contribution in [0.5, 0.6) is 0 Å². The van der Waals surface area contributed by atoms with Crippen molar-refractivity contribution >= 4 is 5.91 Å². The summed E-state index contributed by atoms with van der Waals surface area (Å²) >= 11 is 0. The van der Waals surface area contributed by atoms with E-state index in [0.717, 1.165) is 30.8 Å². The van der Waals surface area contributed by atoms with Gasteiger partial charge in [-0.05, 0) is 44.0 Å². The van der Waals surface area contributed by atoms with Gasteiger partial charge < -0.3 is 15.2 Å². The molecule has 1 aromatic carbocycles. The Morgan fingerprint density at radius 3 is 3.04 bits per heavy atom. The van der Waals surface area contributed by atoms with Crippen LogP contribution in [0.15, 0.2) is 30.6 Å². The molecule has 1 fully saturated rings. The molecule has 23 heavy (non-hydrogen) atoms. The van der Waals surface area contributed by atoms with E-state index in [-0.39, 0.29) is 17.8 Å². The fourth-order valence-corrected chi connectivity index (χ4v) is 2.92. The summed E-state index contributed by atoms with van der Waals surface area (Å²) in [5.41, 5.74) is 1.21. The Morgan fingerprint density at radius 1 is 1.52 bits per heavy atom. The van der Waals surface area contributed by atoms with E-state index < -0.39 is 0 Å². The van der Waals surface area contributed by atoms with Gasteiger partial charge in [-0.1, -0.05) is 6.07 Å². The number of benzene rings is 1. The van der Waals surface area contributed by atoms with E-state index in [4.69, 9.17) is 0 Å². The molecular weight excluding hydrogens is 295 g/mol. The Kier molecular flexibility index (Phi) is 4.71. The Morgan fingerprint density at radius 2 is 2.39 bits per heavy atom. The summed E-state index contributed by atoms with van der Waals surface area (Å²) in [6.45, 7) is 3.15. The van der Waals surface area contributed by atoms with E-state index in [9.17, 15) is 9.18 Å². The number of hydrogen-bond donors (Lipinski definition) is 2. The molecule has 2 aromatic rings. The molecule has 1 aromatic heterocycles. The molecule has 2 N–H and O–H groups in total. The molecule has 0 aliphatic carbocycles. The third-order valence-corrected chi connectivity index (χ3v) is 4.18. The first-order valence-electron chi connectivity index (χ1n) is 7.92. The molecule has 1 aliphatic rings. The Labute approximate surface area is 134 Å². The molecule has 122 valence electrons. The van der Waals surface area contributed by atoms with Crippen molar-refractivity contribution in [1.29, 1.82) is 0 Å². The van der Waals surface area contributed by atoms with Crippen LogP contribution < -0.4 is 10.6 Å². The molecular formula is C17H21FN4O. The number of carbonyl (C=O) groups excluding carboxylic acids is 1. The largest absolute Gasteiger partial charge is 0.352 e. The van der Waals surface area contributed by atoms with Crippen LogP contribution >= 0.6 is 0 Å². The summed E-state index contributed by atoms with van der Waals surface area (Å²) < 4.78 is 16.0. The molecule has 0 spiro atoms. The molecule has 1 aliphatic heterocycles. The summed E-state index contributed by atoms with van der Waals surface area (Å²) in [4.78, 5) is 16.0. The predicted molar refractivity (Wildman–Crippen MR) is 85.7 cm³/mol. The van der Waals surface area contributed by atoms with Crippen molar-refractivity contribution in [2.75, 3.05) is 6.54 Å². The lowest BCUT2D eigenvalue weighted by Gasteiger charge is -2.12. The maximum absolute atomic E-state index is 14.3. The highest BCUT2D eigenvalue weighted by atomic mass is 19.1. The van der Waals surface area contributed by atoms with Crippen molar-refractivity contribution in [3.05, 3.63) is 47.8 Å². The standard InChI is InChI=1S/C17H21FN4O/c1-12-19-7-8-22(12)16-5-4-13(9-15(16)18)11-21-17(23)10-14-3-2-6-20-14/h4-5,7-9,14,20H,2-3,6,10-11H2,1H3,(H,21,23). The number of nitrogens with one attached hydrogen (secondary N) is 2. The van der Waals surface area contributed by atoms with E-state index in [2.05, 4.69) is 15.6 Å². The van der Waals surface area contributed by atoms with E-state index in [1.807, 2.05) is 13.0 Å². The summed E-state index contributed by atoms with van der Waals surface area (Å²) in [7, 11) is 0. The van der Waals surface area contributed by atoms with Gasteiger partial charge in [0.1, 0.15) is 11.6 Å². The van der Waals surface area contributed by atoms with Gasteiger partial charge in [-0.3, -0.25) is 4.79 Å². The van der Waals surface area contributed by atoms with Gasteiger partial charge in [0.25, 0.3) is 0 Å². The zero-order valence-corrected chi connectivity index (χ0v) is 13.2. The number of halogens is 1. The fraction of sp³-hybridized carbons (Fsp3) is 0.412. The number of aryl methyl sites for hydroxylation is 1. The molecule has 1 amide bonds. The Balaban J connectivity index is 1.59. The van der Waals surface area contributed by atoms with Gasteiger partial charge in [0, 0.05) is 31.4 Å². The minimum atomic E-state index is -0.324. The second kappa shape index (κ2) is 6.91. The zero-order valence-electron chi connectivity index (χ0n) is 13.2. The van der Waals surface area contributed by atoms with Crippen LogP contribution in [0, 0.1) is 12.7 Å². The van der Waals surface area contributed by atoms with Gasteiger partial charge in [0.2, 0.25) is 5.91 Å². The number of nitrogens with zero attached hydrogens (tertiary/aromatic N) is 2. The van der Waals surface area contributed by atoms with Gasteiger partial charge in [-0.15, -0.1) is 0 Å². The third-order valence-electron chi connectivity index (χ3n) is 4.18. The minimum Gasteiger partial charge on any atom is -0.352 e. The van der Waals surface area contributed by atoms with Gasteiger partial charge in [0.15, 0.2) is 0 Å². The summed E-state index contributed by atoms with van der Waals surface area (Å²) in [5.74, 6) is 0.406. The Hall–Kier alpha value is -2.21. The van der Waals surface area contributed by atoms with Gasteiger partial charge >= 0.3 is 0 Å². The SMILES string of the molecule is Cc1nccn1-c1ccc(CNC(=O)CC2CCCN2)cc1F. The monoisotopic (exact) mass is 316 g/mol. The maximum atomic E-state index is 14.3. The molecule has 1 saturated heterocycles. The highest BCUT2D eigenvalue weighted by Gasteiger charge is 2.17. The molecule has 3 rings (SSSR count). The lowest BCUT2D eigenvalue weighted by molar-refractivity contribution is -0.121. The van der Waals surface area contributed by atoms with Gasteiger partial charge in [-0.25, -0.2) is 9.37 Å². The molecule has 5 nitrogen and oxygen atoms in total. The van der Waals surface area contributed by atoms with Crippen LogP contribution in [0.1, 0.15) is 30.7 Å². The minimum absolute atomic E-state index is 0.000612. The quantitative estimate of drug-likeness (QED) is 0.888. The number of rotatable bonds is 5. The average Bonchev–Trinajstić information content (AvgIpc) is 3.17. The molecule has 0 bridgehead atoms. The number of amides is 1. The van der Waals surface area contributed by atoms with Crippen molar-refractivity contribution in [2.45, 2.75) is 38.8 Å². The fourth-order valence-electron chi connectivity index (χ4n) is 2.92. The third kappa shape index (κ3) is 3.76. The zero-order chi connectivity index (χ0) is 16.2. The van der Waals surface area contributed by atoms with Crippen LogP contribution in [-0.4, -0.2) is 28.0 Å². The topological polar surface area (TPSA) is 59.0 Å². The first-order valence-corrected chi connectivity index (χ1v) is 7.92. The average molecular weight is 316 g/mol. The van der Waals surface area contributed by atoms with Crippen molar-refractivity contribution in [2.24, 2.45) is 0 Å². The summed E-state index contributed by atoms with van der Waals surface area (Å²) in [5, 5.41) is 6.15. The van der Waals surface area contributed by atoms with Crippen LogP contribution in [0.3, 0.4) is 0 Å². The van der Waals surface area contributed by atoms with E-state index in [0.29, 0.717) is 18.7 Å². The molecule has 1 atom stereocenters. The van der Waals surface area contributed by atoms with Crippen LogP contribution in [0.2, 0.25) is 0 Å². The van der Waals surface area contributed by atoms with Crippen molar-refractivity contribution < 1.29 is 9.18 Å². The molecule has 6 heteroatoms. The van der Waals surface area contributed by atoms with E-state index in [1.54, 1.807) is 23.0 Å². The van der Waals surface area contributed by atoms with Crippen LogP contribution in [-0.2, 0) is 11.3 Å². The highest BCUT2D eigenvalue weighted by Crippen LogP contribution is 2.17.